The van der Waals surface area contributed by atoms with E-state index in [1.165, 1.54) is 38.6 Å². The molecule has 84 valence electrons. The third kappa shape index (κ3) is 3.27. The normalized spacial score (nSPS) is 21.4. The highest BCUT2D eigenvalue weighted by Crippen LogP contribution is 2.35. The molecule has 0 saturated heterocycles. The predicted octanol–water partition coefficient (Wildman–Crippen LogP) is 3.59. The molecule has 1 atom stereocenters. The minimum absolute atomic E-state index is 0.421. The van der Waals surface area contributed by atoms with Gasteiger partial charge in [-0.2, -0.15) is 0 Å². The molecular weight excluding hydrogens is 170 g/mol. The van der Waals surface area contributed by atoms with Gasteiger partial charge >= 0.3 is 0 Å². The highest BCUT2D eigenvalue weighted by molar-refractivity contribution is 4.88. The quantitative estimate of drug-likeness (QED) is 0.726. The summed E-state index contributed by atoms with van der Waals surface area (Å²) in [6.07, 6.45) is 7.03. The summed E-state index contributed by atoms with van der Waals surface area (Å²) >= 11 is 0. The van der Waals surface area contributed by atoms with E-state index in [4.69, 9.17) is 0 Å². The van der Waals surface area contributed by atoms with Gasteiger partial charge in [0.25, 0.3) is 0 Å². The smallest absolute Gasteiger partial charge is 0.0144 e. The summed E-state index contributed by atoms with van der Waals surface area (Å²) in [7, 11) is 0. The molecule has 0 spiro atoms. The first-order valence-electron chi connectivity index (χ1n) is 6.29. The second-order valence-corrected chi connectivity index (χ2v) is 5.84. The molecule has 1 fully saturated rings. The molecule has 1 saturated carbocycles. The van der Waals surface area contributed by atoms with Crippen molar-refractivity contribution in [2.45, 2.75) is 65.8 Å². The highest BCUT2D eigenvalue weighted by atomic mass is 14.9. The lowest BCUT2D eigenvalue weighted by molar-refractivity contribution is 0.194. The van der Waals surface area contributed by atoms with E-state index >= 15 is 0 Å². The van der Waals surface area contributed by atoms with Crippen molar-refractivity contribution in [3.05, 3.63) is 0 Å². The lowest BCUT2D eigenvalue weighted by Crippen LogP contribution is -2.45. The van der Waals surface area contributed by atoms with Crippen LogP contribution < -0.4 is 5.32 Å². The van der Waals surface area contributed by atoms with Crippen LogP contribution in [0.25, 0.3) is 0 Å². The van der Waals surface area contributed by atoms with E-state index in [9.17, 15) is 0 Å². The minimum atomic E-state index is 0.421. The molecule has 1 aliphatic rings. The molecule has 0 radical (unpaired) electrons. The molecule has 0 aromatic carbocycles. The Morgan fingerprint density at radius 2 is 1.79 bits per heavy atom. The predicted molar refractivity (Wildman–Crippen MR) is 63.5 cm³/mol. The summed E-state index contributed by atoms with van der Waals surface area (Å²) in [5.74, 6) is 0.932. The van der Waals surface area contributed by atoms with Gasteiger partial charge in [0, 0.05) is 6.04 Å². The monoisotopic (exact) mass is 197 g/mol. The highest BCUT2D eigenvalue weighted by Gasteiger charge is 2.32. The van der Waals surface area contributed by atoms with Gasteiger partial charge < -0.3 is 5.32 Å². The molecule has 0 heterocycles. The van der Waals surface area contributed by atoms with E-state index in [-0.39, 0.29) is 0 Å². The fourth-order valence-corrected chi connectivity index (χ4v) is 2.77. The van der Waals surface area contributed by atoms with Crippen LogP contribution in [0, 0.1) is 11.3 Å². The molecular formula is C13H27N. The zero-order valence-corrected chi connectivity index (χ0v) is 10.4. The fourth-order valence-electron chi connectivity index (χ4n) is 2.77. The molecule has 1 heteroatoms. The molecule has 0 amide bonds. The maximum absolute atomic E-state index is 3.75. The summed E-state index contributed by atoms with van der Waals surface area (Å²) in [6.45, 7) is 10.6. The number of nitrogens with one attached hydrogen (secondary N) is 1. The third-order valence-corrected chi connectivity index (χ3v) is 3.42. The van der Waals surface area contributed by atoms with Crippen molar-refractivity contribution < 1.29 is 0 Å². The van der Waals surface area contributed by atoms with E-state index in [0.29, 0.717) is 5.41 Å². The van der Waals surface area contributed by atoms with Crippen molar-refractivity contribution in [2.24, 2.45) is 11.3 Å². The van der Waals surface area contributed by atoms with E-state index < -0.39 is 0 Å². The Kier molecular flexibility index (Phi) is 4.43. The van der Waals surface area contributed by atoms with Gasteiger partial charge in [0.15, 0.2) is 0 Å². The van der Waals surface area contributed by atoms with E-state index in [0.717, 1.165) is 12.0 Å². The van der Waals surface area contributed by atoms with Crippen molar-refractivity contribution in [2.75, 3.05) is 6.54 Å². The minimum Gasteiger partial charge on any atom is -0.313 e. The maximum atomic E-state index is 3.75. The Morgan fingerprint density at radius 1 is 1.21 bits per heavy atom. The Morgan fingerprint density at radius 3 is 2.21 bits per heavy atom. The van der Waals surface area contributed by atoms with Crippen molar-refractivity contribution in [1.82, 2.24) is 5.32 Å². The average molecular weight is 197 g/mol. The van der Waals surface area contributed by atoms with Gasteiger partial charge in [0.05, 0.1) is 0 Å². The first kappa shape index (κ1) is 12.0. The lowest BCUT2D eigenvalue weighted by Gasteiger charge is -2.36. The SMILES string of the molecule is CCCNC(C1CCCC1)C(C)(C)C. The van der Waals surface area contributed by atoms with Crippen molar-refractivity contribution >= 4 is 0 Å². The molecule has 0 bridgehead atoms. The van der Waals surface area contributed by atoms with Crippen LogP contribution in [0.5, 0.6) is 0 Å². The van der Waals surface area contributed by atoms with Gasteiger partial charge in [0.1, 0.15) is 0 Å². The van der Waals surface area contributed by atoms with E-state index in [1.54, 1.807) is 0 Å². The molecule has 14 heavy (non-hydrogen) atoms. The molecule has 1 nitrogen and oxygen atoms in total. The van der Waals surface area contributed by atoms with E-state index in [2.05, 4.69) is 33.0 Å². The van der Waals surface area contributed by atoms with Gasteiger partial charge in [-0.3, -0.25) is 0 Å². The lowest BCUT2D eigenvalue weighted by atomic mass is 9.78. The van der Waals surface area contributed by atoms with Gasteiger partial charge in [-0.1, -0.05) is 40.5 Å². The molecule has 1 N–H and O–H groups in total. The maximum Gasteiger partial charge on any atom is 0.0144 e. The molecule has 0 aromatic rings. The van der Waals surface area contributed by atoms with Crippen molar-refractivity contribution in [3.8, 4) is 0 Å². The molecule has 0 aromatic heterocycles. The number of rotatable bonds is 4. The number of hydrogen-bond donors (Lipinski definition) is 1. The summed E-state index contributed by atoms with van der Waals surface area (Å²) in [4.78, 5) is 0. The zero-order valence-electron chi connectivity index (χ0n) is 10.4. The van der Waals surface area contributed by atoms with Crippen LogP contribution in [0.15, 0.2) is 0 Å². The second kappa shape index (κ2) is 5.16. The van der Waals surface area contributed by atoms with Crippen molar-refractivity contribution in [1.29, 1.82) is 0 Å². The van der Waals surface area contributed by atoms with Crippen LogP contribution in [0.1, 0.15) is 59.8 Å². The molecule has 1 aliphatic carbocycles. The van der Waals surface area contributed by atoms with Gasteiger partial charge in [-0.25, -0.2) is 0 Å². The Hall–Kier alpha value is -0.0400. The van der Waals surface area contributed by atoms with E-state index in [1.807, 2.05) is 0 Å². The average Bonchev–Trinajstić information content (AvgIpc) is 2.55. The Labute approximate surface area is 89.7 Å². The second-order valence-electron chi connectivity index (χ2n) is 5.84. The Bertz CT molecular complexity index is 151. The fraction of sp³-hybridized carbons (Fsp3) is 1.00. The van der Waals surface area contributed by atoms with Crippen LogP contribution in [0.2, 0.25) is 0 Å². The summed E-state index contributed by atoms with van der Waals surface area (Å²) in [6, 6.07) is 0.727. The third-order valence-electron chi connectivity index (χ3n) is 3.42. The van der Waals surface area contributed by atoms with Gasteiger partial charge in [-0.15, -0.1) is 0 Å². The largest absolute Gasteiger partial charge is 0.313 e. The number of hydrogen-bond acceptors (Lipinski definition) is 1. The molecule has 1 rings (SSSR count). The zero-order chi connectivity index (χ0) is 10.6. The van der Waals surface area contributed by atoms with Gasteiger partial charge in [0.2, 0.25) is 0 Å². The summed E-state index contributed by atoms with van der Waals surface area (Å²) < 4.78 is 0. The van der Waals surface area contributed by atoms with Crippen LogP contribution in [0.4, 0.5) is 0 Å². The topological polar surface area (TPSA) is 12.0 Å². The molecule has 0 aliphatic heterocycles. The first-order chi connectivity index (χ1) is 6.55. The first-order valence-corrected chi connectivity index (χ1v) is 6.29. The van der Waals surface area contributed by atoms with Gasteiger partial charge in [-0.05, 0) is 37.1 Å². The molecule has 1 unspecified atom stereocenters. The summed E-state index contributed by atoms with van der Waals surface area (Å²) in [5, 5.41) is 3.75. The Balaban J connectivity index is 2.51. The standard InChI is InChI=1S/C13H27N/c1-5-10-14-12(13(2,3)4)11-8-6-7-9-11/h11-12,14H,5-10H2,1-4H3. The summed E-state index contributed by atoms with van der Waals surface area (Å²) in [5.41, 5.74) is 0.421. The van der Waals surface area contributed by atoms with Crippen LogP contribution >= 0.6 is 0 Å². The van der Waals surface area contributed by atoms with Crippen molar-refractivity contribution in [3.63, 3.8) is 0 Å². The van der Waals surface area contributed by atoms with Crippen LogP contribution in [-0.4, -0.2) is 12.6 Å². The van der Waals surface area contributed by atoms with Crippen LogP contribution in [-0.2, 0) is 0 Å². The van der Waals surface area contributed by atoms with Crippen LogP contribution in [0.3, 0.4) is 0 Å².